The smallest absolute Gasteiger partial charge is 0.368 e. The highest BCUT2D eigenvalue weighted by atomic mass is 19.4. The van der Waals surface area contributed by atoms with E-state index in [-0.39, 0.29) is 12.0 Å². The lowest BCUT2D eigenvalue weighted by molar-refractivity contribution is -0.139. The molecule has 1 saturated heterocycles. The summed E-state index contributed by atoms with van der Waals surface area (Å²) in [6, 6.07) is 8.96. The summed E-state index contributed by atoms with van der Waals surface area (Å²) in [5, 5.41) is 0. The number of morpholine rings is 1. The average molecular weight is 378 g/mol. The van der Waals surface area contributed by atoms with Crippen molar-refractivity contribution in [2.75, 3.05) is 19.7 Å². The van der Waals surface area contributed by atoms with Gasteiger partial charge in [-0.3, -0.25) is 9.78 Å². The molecule has 1 aliphatic heterocycles. The first-order valence-electron chi connectivity index (χ1n) is 8.87. The number of hydrogen-bond donors (Lipinski definition) is 0. The Morgan fingerprint density at radius 2 is 2.07 bits per heavy atom. The highest BCUT2D eigenvalue weighted by Gasteiger charge is 2.30. The Labute approximate surface area is 156 Å². The maximum absolute atomic E-state index is 12.8. The number of rotatable bonds is 4. The number of halogens is 3. The van der Waals surface area contributed by atoms with Crippen molar-refractivity contribution in [3.63, 3.8) is 0 Å². The van der Waals surface area contributed by atoms with Crippen LogP contribution in [0.15, 0.2) is 42.6 Å². The number of carbonyl (C=O) groups is 1. The normalized spacial score (nSPS) is 17.8. The van der Waals surface area contributed by atoms with Crippen LogP contribution in [0.5, 0.6) is 0 Å². The first-order chi connectivity index (χ1) is 12.9. The number of nitrogens with zero attached hydrogens (tertiary/aromatic N) is 2. The Hall–Kier alpha value is -2.41. The molecule has 27 heavy (non-hydrogen) atoms. The fourth-order valence-electron chi connectivity index (χ4n) is 3.10. The Kier molecular flexibility index (Phi) is 5.79. The number of hydrogen-bond acceptors (Lipinski definition) is 3. The maximum atomic E-state index is 12.8. The summed E-state index contributed by atoms with van der Waals surface area (Å²) >= 11 is 0. The molecule has 0 saturated carbocycles. The van der Waals surface area contributed by atoms with E-state index in [1.54, 1.807) is 17.2 Å². The molecule has 1 atom stereocenters. The lowest BCUT2D eigenvalue weighted by Gasteiger charge is -2.32. The van der Waals surface area contributed by atoms with E-state index in [1.165, 1.54) is 6.07 Å². The van der Waals surface area contributed by atoms with Gasteiger partial charge in [0.05, 0.1) is 24.4 Å². The van der Waals surface area contributed by atoms with Crippen LogP contribution in [0.3, 0.4) is 0 Å². The molecule has 1 aromatic heterocycles. The molecule has 0 unspecified atom stereocenters. The molecule has 2 aromatic rings. The summed E-state index contributed by atoms with van der Waals surface area (Å²) in [5.74, 6) is 0.0875. The molecule has 144 valence electrons. The summed E-state index contributed by atoms with van der Waals surface area (Å²) in [6.07, 6.45) is -2.16. The van der Waals surface area contributed by atoms with Crippen molar-refractivity contribution in [2.24, 2.45) is 0 Å². The molecule has 1 amide bonds. The van der Waals surface area contributed by atoms with Crippen LogP contribution in [-0.2, 0) is 22.1 Å². The second-order valence-corrected chi connectivity index (χ2v) is 6.52. The van der Waals surface area contributed by atoms with Crippen LogP contribution in [0.1, 0.15) is 41.8 Å². The monoisotopic (exact) mass is 378 g/mol. The summed E-state index contributed by atoms with van der Waals surface area (Å²) in [5.41, 5.74) is 1.46. The molecule has 1 aliphatic rings. The third kappa shape index (κ3) is 4.86. The van der Waals surface area contributed by atoms with Gasteiger partial charge in [-0.25, -0.2) is 0 Å². The van der Waals surface area contributed by atoms with E-state index in [0.717, 1.165) is 23.4 Å². The summed E-state index contributed by atoms with van der Waals surface area (Å²) in [4.78, 5) is 18.0. The lowest BCUT2D eigenvalue weighted by Crippen LogP contribution is -2.42. The Morgan fingerprint density at radius 1 is 1.26 bits per heavy atom. The molecular formula is C20H21F3N2O2. The van der Waals surface area contributed by atoms with Gasteiger partial charge in [-0.05, 0) is 29.7 Å². The lowest BCUT2D eigenvalue weighted by atomic mass is 10.0. The van der Waals surface area contributed by atoms with Gasteiger partial charge >= 0.3 is 6.18 Å². The number of amides is 1. The number of carbonyl (C=O) groups excluding carboxylic acids is 1. The third-order valence-electron chi connectivity index (χ3n) is 4.56. The van der Waals surface area contributed by atoms with E-state index in [9.17, 15) is 18.0 Å². The number of alkyl halides is 3. The van der Waals surface area contributed by atoms with Gasteiger partial charge in [-0.2, -0.15) is 13.2 Å². The van der Waals surface area contributed by atoms with Crippen LogP contribution in [-0.4, -0.2) is 35.5 Å². The minimum absolute atomic E-state index is 0.0875. The molecule has 0 aliphatic carbocycles. The van der Waals surface area contributed by atoms with E-state index in [1.807, 2.05) is 19.1 Å². The van der Waals surface area contributed by atoms with E-state index in [2.05, 4.69) is 4.98 Å². The Balaban J connectivity index is 1.68. The highest BCUT2D eigenvalue weighted by Crippen LogP contribution is 2.30. The van der Waals surface area contributed by atoms with Crippen LogP contribution >= 0.6 is 0 Å². The predicted octanol–water partition coefficient (Wildman–Crippen LogP) is 4.00. The molecule has 0 N–H and O–H groups in total. The first kappa shape index (κ1) is 19.4. The van der Waals surface area contributed by atoms with E-state index >= 15 is 0 Å². The Bertz CT molecular complexity index is 791. The standard InChI is InChI=1S/C20H21F3N2O2/c1-2-19(26)25-8-9-27-18(13-25)17-7-6-15(12-24-17)10-14-4-3-5-16(11-14)20(21,22)23/h3-7,11-12,18H,2,8-10,13H2,1H3/t18-/m1/s1. The van der Waals surface area contributed by atoms with Crippen molar-refractivity contribution in [1.29, 1.82) is 0 Å². The minimum atomic E-state index is -4.35. The number of ether oxygens (including phenoxy) is 1. The van der Waals surface area contributed by atoms with Gasteiger partial charge in [0, 0.05) is 19.2 Å². The molecule has 1 fully saturated rings. The van der Waals surface area contributed by atoms with Gasteiger partial charge in [0.15, 0.2) is 0 Å². The van der Waals surface area contributed by atoms with E-state index in [4.69, 9.17) is 4.74 Å². The van der Waals surface area contributed by atoms with Gasteiger partial charge in [0.25, 0.3) is 0 Å². The average Bonchev–Trinajstić information content (AvgIpc) is 2.67. The van der Waals surface area contributed by atoms with Crippen LogP contribution in [0.2, 0.25) is 0 Å². The summed E-state index contributed by atoms with van der Waals surface area (Å²) in [7, 11) is 0. The topological polar surface area (TPSA) is 42.4 Å². The van der Waals surface area contributed by atoms with Gasteiger partial charge in [0.1, 0.15) is 6.10 Å². The van der Waals surface area contributed by atoms with Crippen molar-refractivity contribution in [1.82, 2.24) is 9.88 Å². The Morgan fingerprint density at radius 3 is 2.74 bits per heavy atom. The van der Waals surface area contributed by atoms with Crippen molar-refractivity contribution in [3.8, 4) is 0 Å². The van der Waals surface area contributed by atoms with Crippen LogP contribution in [0, 0.1) is 0 Å². The quantitative estimate of drug-likeness (QED) is 0.808. The molecule has 3 rings (SSSR count). The predicted molar refractivity (Wildman–Crippen MR) is 94.1 cm³/mol. The molecule has 1 aromatic carbocycles. The minimum Gasteiger partial charge on any atom is -0.368 e. The van der Waals surface area contributed by atoms with Crippen molar-refractivity contribution >= 4 is 5.91 Å². The van der Waals surface area contributed by atoms with Gasteiger partial charge in [-0.15, -0.1) is 0 Å². The molecular weight excluding hydrogens is 357 g/mol. The second-order valence-electron chi connectivity index (χ2n) is 6.52. The van der Waals surface area contributed by atoms with E-state index < -0.39 is 11.7 Å². The van der Waals surface area contributed by atoms with Gasteiger partial charge in [-0.1, -0.05) is 31.2 Å². The largest absolute Gasteiger partial charge is 0.416 e. The zero-order chi connectivity index (χ0) is 19.4. The van der Waals surface area contributed by atoms with Crippen LogP contribution < -0.4 is 0 Å². The molecule has 0 spiro atoms. The molecule has 4 nitrogen and oxygen atoms in total. The highest BCUT2D eigenvalue weighted by molar-refractivity contribution is 5.75. The van der Waals surface area contributed by atoms with Gasteiger partial charge in [0.2, 0.25) is 5.91 Å². The number of pyridine rings is 1. The summed E-state index contributed by atoms with van der Waals surface area (Å²) in [6.45, 7) is 3.33. The molecule has 0 bridgehead atoms. The van der Waals surface area contributed by atoms with Gasteiger partial charge < -0.3 is 9.64 Å². The van der Waals surface area contributed by atoms with Crippen LogP contribution in [0.25, 0.3) is 0 Å². The molecule has 2 heterocycles. The number of benzene rings is 1. The third-order valence-corrected chi connectivity index (χ3v) is 4.56. The molecule has 0 radical (unpaired) electrons. The maximum Gasteiger partial charge on any atom is 0.416 e. The van der Waals surface area contributed by atoms with Crippen molar-refractivity contribution in [2.45, 2.75) is 32.0 Å². The zero-order valence-corrected chi connectivity index (χ0v) is 15.0. The molecule has 7 heteroatoms. The summed E-state index contributed by atoms with van der Waals surface area (Å²) < 4.78 is 44.2. The van der Waals surface area contributed by atoms with Crippen LogP contribution in [0.4, 0.5) is 13.2 Å². The number of aromatic nitrogens is 1. The van der Waals surface area contributed by atoms with E-state index in [0.29, 0.717) is 38.1 Å². The fourth-order valence-corrected chi connectivity index (χ4v) is 3.10. The second kappa shape index (κ2) is 8.08. The van der Waals surface area contributed by atoms with Crippen molar-refractivity contribution in [3.05, 3.63) is 65.0 Å². The fraction of sp³-hybridized carbons (Fsp3) is 0.400. The SMILES string of the molecule is CCC(=O)N1CCO[C@@H](c2ccc(Cc3cccc(C(F)(F)F)c3)cn2)C1. The first-order valence-corrected chi connectivity index (χ1v) is 8.87. The van der Waals surface area contributed by atoms with Crippen molar-refractivity contribution < 1.29 is 22.7 Å². The zero-order valence-electron chi connectivity index (χ0n) is 15.0.